The topological polar surface area (TPSA) is 49.5 Å². The molecule has 2 aromatic carbocycles. The molecule has 1 N–H and O–H groups in total. The fraction of sp³-hybridized carbons (Fsp3) is 0.375. The first-order valence-electron chi connectivity index (χ1n) is 10.1. The summed E-state index contributed by atoms with van der Waals surface area (Å²) in [5.74, 6) is 1.61. The van der Waals surface area contributed by atoms with Gasteiger partial charge in [0.25, 0.3) is 0 Å². The molecule has 0 bridgehead atoms. The van der Waals surface area contributed by atoms with Gasteiger partial charge in [-0.15, -0.1) is 12.4 Å². The van der Waals surface area contributed by atoms with Crippen molar-refractivity contribution in [3.63, 3.8) is 0 Å². The van der Waals surface area contributed by atoms with Crippen molar-refractivity contribution < 1.29 is 9.52 Å². The zero-order valence-electron chi connectivity index (χ0n) is 17.1. The number of aromatic nitrogens is 1. The van der Waals surface area contributed by atoms with Crippen LogP contribution in [0.25, 0.3) is 22.6 Å². The van der Waals surface area contributed by atoms with E-state index < -0.39 is 0 Å². The van der Waals surface area contributed by atoms with Crippen molar-refractivity contribution in [1.29, 1.82) is 0 Å². The van der Waals surface area contributed by atoms with Crippen LogP contribution in [0.5, 0.6) is 0 Å². The van der Waals surface area contributed by atoms with Crippen LogP contribution in [0, 0.1) is 6.92 Å². The number of aliphatic hydroxyl groups is 1. The maximum atomic E-state index is 9.33. The zero-order chi connectivity index (χ0) is 19.5. The molecule has 3 aromatic rings. The van der Waals surface area contributed by atoms with Gasteiger partial charge in [-0.2, -0.15) is 0 Å². The van der Waals surface area contributed by atoms with Gasteiger partial charge in [0.15, 0.2) is 0 Å². The molecule has 1 atom stereocenters. The van der Waals surface area contributed by atoms with Crippen LogP contribution in [0.15, 0.2) is 52.9 Å². The number of hydrogen-bond donors (Lipinski definition) is 1. The third-order valence-electron chi connectivity index (χ3n) is 5.79. The molecule has 1 unspecified atom stereocenters. The Morgan fingerprint density at radius 1 is 1.10 bits per heavy atom. The third kappa shape index (κ3) is 4.89. The molecule has 2 heterocycles. The molecule has 1 saturated heterocycles. The summed E-state index contributed by atoms with van der Waals surface area (Å²) < 4.78 is 5.96. The molecule has 0 amide bonds. The number of oxazole rings is 1. The van der Waals surface area contributed by atoms with E-state index in [9.17, 15) is 5.11 Å². The maximum Gasteiger partial charge on any atom is 0.226 e. The lowest BCUT2D eigenvalue weighted by Gasteiger charge is -2.20. The van der Waals surface area contributed by atoms with Crippen LogP contribution in [-0.4, -0.2) is 34.1 Å². The molecule has 4 nitrogen and oxygen atoms in total. The highest BCUT2D eigenvalue weighted by Crippen LogP contribution is 2.27. The molecule has 0 radical (unpaired) electrons. The van der Waals surface area contributed by atoms with Crippen molar-refractivity contribution in [2.75, 3.05) is 13.1 Å². The van der Waals surface area contributed by atoms with E-state index in [-0.39, 0.29) is 19.0 Å². The number of nitrogens with zero attached hydrogens (tertiary/aromatic N) is 2. The minimum absolute atomic E-state index is 0. The molecule has 154 valence electrons. The van der Waals surface area contributed by atoms with Crippen molar-refractivity contribution in [1.82, 2.24) is 9.88 Å². The summed E-state index contributed by atoms with van der Waals surface area (Å²) >= 11 is 0. The number of rotatable bonds is 6. The smallest absolute Gasteiger partial charge is 0.226 e. The largest absolute Gasteiger partial charge is 0.441 e. The van der Waals surface area contributed by atoms with Crippen molar-refractivity contribution in [2.45, 2.75) is 45.8 Å². The highest BCUT2D eigenvalue weighted by molar-refractivity contribution is 5.85. The summed E-state index contributed by atoms with van der Waals surface area (Å²) in [5.41, 5.74) is 5.19. The Bertz CT molecular complexity index is 936. The van der Waals surface area contributed by atoms with Gasteiger partial charge in [0.1, 0.15) is 5.76 Å². The van der Waals surface area contributed by atoms with E-state index >= 15 is 0 Å². The average Bonchev–Trinajstić information content (AvgIpc) is 3.31. The number of benzene rings is 2. The van der Waals surface area contributed by atoms with E-state index in [1.807, 2.05) is 25.1 Å². The number of halogens is 1. The summed E-state index contributed by atoms with van der Waals surface area (Å²) in [6.07, 6.45) is 3.54. The van der Waals surface area contributed by atoms with Gasteiger partial charge < -0.3 is 14.4 Å². The lowest BCUT2D eigenvalue weighted by Crippen LogP contribution is -2.29. The molecule has 29 heavy (non-hydrogen) atoms. The Morgan fingerprint density at radius 3 is 2.55 bits per heavy atom. The van der Waals surface area contributed by atoms with E-state index in [0.717, 1.165) is 46.7 Å². The van der Waals surface area contributed by atoms with Gasteiger partial charge in [-0.05, 0) is 68.1 Å². The normalized spacial score (nSPS) is 16.7. The van der Waals surface area contributed by atoms with Crippen LogP contribution >= 0.6 is 12.4 Å². The SMILES string of the molecule is Cc1oc(-c2ccc(-c3cccc(CO)c3)cc2)nc1CCN1CCCC1C.Cl. The van der Waals surface area contributed by atoms with Crippen LogP contribution in [0.3, 0.4) is 0 Å². The van der Waals surface area contributed by atoms with Crippen LogP contribution < -0.4 is 0 Å². The van der Waals surface area contributed by atoms with Crippen LogP contribution in [-0.2, 0) is 13.0 Å². The van der Waals surface area contributed by atoms with Gasteiger partial charge in [0.05, 0.1) is 12.3 Å². The van der Waals surface area contributed by atoms with Crippen LogP contribution in [0.2, 0.25) is 0 Å². The Labute approximate surface area is 179 Å². The van der Waals surface area contributed by atoms with Gasteiger partial charge in [-0.3, -0.25) is 0 Å². The van der Waals surface area contributed by atoms with E-state index in [0.29, 0.717) is 11.9 Å². The lowest BCUT2D eigenvalue weighted by molar-refractivity contribution is 0.271. The Morgan fingerprint density at radius 2 is 1.86 bits per heavy atom. The average molecular weight is 413 g/mol. The maximum absolute atomic E-state index is 9.33. The summed E-state index contributed by atoms with van der Waals surface area (Å²) in [6.45, 7) is 6.62. The van der Waals surface area contributed by atoms with E-state index in [1.165, 1.54) is 19.4 Å². The highest BCUT2D eigenvalue weighted by atomic mass is 35.5. The number of hydrogen-bond acceptors (Lipinski definition) is 4. The summed E-state index contributed by atoms with van der Waals surface area (Å²) in [6, 6.07) is 16.9. The molecule has 0 saturated carbocycles. The van der Waals surface area contributed by atoms with E-state index in [4.69, 9.17) is 9.40 Å². The monoisotopic (exact) mass is 412 g/mol. The second-order valence-corrected chi connectivity index (χ2v) is 7.73. The summed E-state index contributed by atoms with van der Waals surface area (Å²) in [4.78, 5) is 7.31. The molecule has 5 heteroatoms. The predicted octanol–water partition coefficient (Wildman–Crippen LogP) is 5.26. The fourth-order valence-corrected chi connectivity index (χ4v) is 4.01. The van der Waals surface area contributed by atoms with Gasteiger partial charge in [-0.1, -0.05) is 30.3 Å². The van der Waals surface area contributed by atoms with Gasteiger partial charge in [-0.25, -0.2) is 4.98 Å². The minimum Gasteiger partial charge on any atom is -0.441 e. The van der Waals surface area contributed by atoms with Gasteiger partial charge >= 0.3 is 0 Å². The molecule has 1 aliphatic rings. The molecule has 0 spiro atoms. The second-order valence-electron chi connectivity index (χ2n) is 7.73. The van der Waals surface area contributed by atoms with Gasteiger partial charge in [0, 0.05) is 24.6 Å². The number of aliphatic hydroxyl groups excluding tert-OH is 1. The van der Waals surface area contributed by atoms with Crippen LogP contribution in [0.1, 0.15) is 36.8 Å². The minimum atomic E-state index is 0. The lowest BCUT2D eigenvalue weighted by atomic mass is 10.0. The zero-order valence-corrected chi connectivity index (χ0v) is 17.9. The first kappa shape index (κ1) is 21.6. The molecule has 1 aliphatic heterocycles. The molecule has 0 aliphatic carbocycles. The fourth-order valence-electron chi connectivity index (χ4n) is 4.01. The number of likely N-dealkylation sites (tertiary alicyclic amines) is 1. The quantitative estimate of drug-likeness (QED) is 0.600. The Hall–Kier alpha value is -2.14. The predicted molar refractivity (Wildman–Crippen MR) is 119 cm³/mol. The molecule has 4 rings (SSSR count). The van der Waals surface area contributed by atoms with E-state index in [2.05, 4.69) is 42.2 Å². The first-order valence-corrected chi connectivity index (χ1v) is 10.1. The molecule has 1 fully saturated rings. The molecular weight excluding hydrogens is 384 g/mol. The van der Waals surface area contributed by atoms with Crippen molar-refractivity contribution in [3.8, 4) is 22.6 Å². The van der Waals surface area contributed by atoms with Crippen molar-refractivity contribution >= 4 is 12.4 Å². The summed E-state index contributed by atoms with van der Waals surface area (Å²) in [7, 11) is 0. The molecule has 1 aromatic heterocycles. The number of aryl methyl sites for hydroxylation is 1. The van der Waals surface area contributed by atoms with E-state index in [1.54, 1.807) is 0 Å². The van der Waals surface area contributed by atoms with Crippen molar-refractivity contribution in [2.24, 2.45) is 0 Å². The van der Waals surface area contributed by atoms with Crippen LogP contribution in [0.4, 0.5) is 0 Å². The standard InChI is InChI=1S/C24H28N2O2.ClH/c1-17-5-4-13-26(17)14-12-23-18(2)28-24(25-23)21-10-8-20(9-11-21)22-7-3-6-19(15-22)16-27;/h3,6-11,15,17,27H,4-5,12-14,16H2,1-2H3;1H. The van der Waals surface area contributed by atoms with Crippen molar-refractivity contribution in [3.05, 3.63) is 65.5 Å². The highest BCUT2D eigenvalue weighted by Gasteiger charge is 2.21. The Balaban J connectivity index is 0.00000240. The second kappa shape index (κ2) is 9.57. The third-order valence-corrected chi connectivity index (χ3v) is 5.79. The Kier molecular flexibility index (Phi) is 7.12. The van der Waals surface area contributed by atoms with Gasteiger partial charge in [0.2, 0.25) is 5.89 Å². The summed E-state index contributed by atoms with van der Waals surface area (Å²) in [5, 5.41) is 9.33. The molecular formula is C24H29ClN2O2. The first-order chi connectivity index (χ1) is 13.6.